The van der Waals surface area contributed by atoms with Crippen molar-refractivity contribution in [3.63, 3.8) is 0 Å². The van der Waals surface area contributed by atoms with Gasteiger partial charge in [0.15, 0.2) is 5.56 Å². The molecule has 4 heterocycles. The molecule has 0 bridgehead atoms. The van der Waals surface area contributed by atoms with Crippen molar-refractivity contribution >= 4 is 35.7 Å². The van der Waals surface area contributed by atoms with Crippen molar-refractivity contribution in [2.24, 2.45) is 0 Å². The SMILES string of the molecule is CC(Cl)OC(=O)N1CCC(c2ccccc2)C1.Cc1ccc(C(=O)O)o1.Cc1ccc(C(=O)OC(C)OC(=O)N2CCC(c3ccccc3)C2)o1. The summed E-state index contributed by atoms with van der Waals surface area (Å²) in [7, 11) is 0. The first-order valence-corrected chi connectivity index (χ1v) is 17.1. The van der Waals surface area contributed by atoms with Crippen LogP contribution in [0.4, 0.5) is 9.59 Å². The molecule has 4 atom stereocenters. The lowest BCUT2D eigenvalue weighted by molar-refractivity contribution is -0.0697. The molecule has 13 heteroatoms. The predicted molar refractivity (Wildman–Crippen MR) is 188 cm³/mol. The number of carboxylic acid groups (broad SMARTS) is 1. The molecule has 0 radical (unpaired) electrons. The molecule has 4 unspecified atom stereocenters. The van der Waals surface area contributed by atoms with E-state index in [1.807, 2.05) is 36.4 Å². The number of esters is 1. The molecule has 12 nitrogen and oxygen atoms in total. The summed E-state index contributed by atoms with van der Waals surface area (Å²) in [6.45, 7) is 9.26. The molecule has 1 N–H and O–H groups in total. The average molecular weight is 723 g/mol. The van der Waals surface area contributed by atoms with Crippen LogP contribution in [0.2, 0.25) is 0 Å². The zero-order valence-corrected chi connectivity index (χ0v) is 29.8. The van der Waals surface area contributed by atoms with Crippen LogP contribution in [0.3, 0.4) is 0 Å². The Kier molecular flexibility index (Phi) is 14.1. The van der Waals surface area contributed by atoms with E-state index >= 15 is 0 Å². The smallest absolute Gasteiger partial charge is 0.412 e. The van der Waals surface area contributed by atoms with E-state index in [2.05, 4.69) is 24.3 Å². The summed E-state index contributed by atoms with van der Waals surface area (Å²) in [5.74, 6) is 0.346. The third-order valence-electron chi connectivity index (χ3n) is 8.13. The number of halogens is 1. The molecule has 272 valence electrons. The number of alkyl halides is 1. The van der Waals surface area contributed by atoms with Gasteiger partial charge >= 0.3 is 24.1 Å². The highest BCUT2D eigenvalue weighted by Gasteiger charge is 2.30. The lowest BCUT2D eigenvalue weighted by Crippen LogP contribution is -2.33. The van der Waals surface area contributed by atoms with Crippen LogP contribution in [0, 0.1) is 13.8 Å². The van der Waals surface area contributed by atoms with Crippen LogP contribution in [0.5, 0.6) is 0 Å². The maximum Gasteiger partial charge on any atom is 0.412 e. The van der Waals surface area contributed by atoms with E-state index in [1.54, 1.807) is 42.7 Å². The van der Waals surface area contributed by atoms with Gasteiger partial charge in [0.1, 0.15) is 11.5 Å². The van der Waals surface area contributed by atoms with Gasteiger partial charge in [-0.15, -0.1) is 0 Å². The standard InChI is InChI=1S/C19H21NO5.C13H16ClNO2.C6H6O3/c1-13-8-9-17(23-13)18(21)24-14(2)25-19(22)20-11-10-16(12-20)15-6-4-3-5-7-15;1-10(14)17-13(16)15-8-7-12(9-15)11-5-3-2-4-6-11;1-4-2-3-5(9-4)6(7)8/h3-9,14,16H,10-12H2,1-2H3;2-6,10,12H,7-9H2,1H3;2-3H,1H3,(H,7,8). The number of benzene rings is 2. The molecule has 2 fully saturated rings. The molecule has 0 spiro atoms. The first-order chi connectivity index (χ1) is 24.4. The largest absolute Gasteiger partial charge is 0.475 e. The molecule has 2 saturated heterocycles. The minimum absolute atomic E-state index is 0.00694. The van der Waals surface area contributed by atoms with E-state index < -0.39 is 29.9 Å². The number of hydrogen-bond donors (Lipinski definition) is 1. The molecule has 0 aliphatic carbocycles. The lowest BCUT2D eigenvalue weighted by Gasteiger charge is -2.20. The van der Waals surface area contributed by atoms with Gasteiger partial charge in [-0.2, -0.15) is 0 Å². The van der Waals surface area contributed by atoms with Crippen LogP contribution < -0.4 is 0 Å². The van der Waals surface area contributed by atoms with E-state index in [-0.39, 0.29) is 17.6 Å². The number of carbonyl (C=O) groups is 4. The van der Waals surface area contributed by atoms with Gasteiger partial charge in [0, 0.05) is 44.9 Å². The Labute approximate surface area is 301 Å². The number of aryl methyl sites for hydroxylation is 2. The first-order valence-electron chi connectivity index (χ1n) is 16.6. The van der Waals surface area contributed by atoms with E-state index in [1.165, 1.54) is 30.2 Å². The van der Waals surface area contributed by atoms with Crippen molar-refractivity contribution < 1.29 is 47.3 Å². The Morgan fingerprint density at radius 3 is 1.53 bits per heavy atom. The monoisotopic (exact) mass is 722 g/mol. The molecule has 2 aromatic carbocycles. The number of carboxylic acids is 1. The second-order valence-corrected chi connectivity index (χ2v) is 12.7. The van der Waals surface area contributed by atoms with Gasteiger partial charge in [0.25, 0.3) is 0 Å². The summed E-state index contributed by atoms with van der Waals surface area (Å²) in [4.78, 5) is 49.3. The topological polar surface area (TPSA) is 149 Å². The summed E-state index contributed by atoms with van der Waals surface area (Å²) in [5, 5.41) is 8.30. The highest BCUT2D eigenvalue weighted by atomic mass is 35.5. The van der Waals surface area contributed by atoms with Crippen molar-refractivity contribution in [2.45, 2.75) is 64.2 Å². The molecule has 2 aliphatic rings. The number of likely N-dealkylation sites (tertiary alicyclic amines) is 2. The van der Waals surface area contributed by atoms with Crippen molar-refractivity contribution in [2.75, 3.05) is 26.2 Å². The minimum Gasteiger partial charge on any atom is -0.475 e. The molecule has 4 aromatic rings. The minimum atomic E-state index is -1.02. The molecule has 2 aromatic heterocycles. The molecular weight excluding hydrogens is 680 g/mol. The Morgan fingerprint density at radius 2 is 1.14 bits per heavy atom. The van der Waals surface area contributed by atoms with Crippen LogP contribution in [-0.4, -0.2) is 77.1 Å². The van der Waals surface area contributed by atoms with Crippen LogP contribution in [0.1, 0.15) is 82.3 Å². The van der Waals surface area contributed by atoms with Crippen LogP contribution in [0.25, 0.3) is 0 Å². The third-order valence-corrected chi connectivity index (χ3v) is 8.22. The summed E-state index contributed by atoms with van der Waals surface area (Å²) in [5.41, 5.74) is 1.92. The molecular formula is C38H43ClN2O10. The number of furan rings is 2. The fourth-order valence-electron chi connectivity index (χ4n) is 5.60. The second-order valence-electron chi connectivity index (χ2n) is 12.1. The van der Waals surface area contributed by atoms with Crippen molar-refractivity contribution in [1.29, 1.82) is 0 Å². The third kappa shape index (κ3) is 12.0. The number of amides is 2. The first kappa shape index (κ1) is 38.6. The lowest BCUT2D eigenvalue weighted by atomic mass is 9.99. The molecule has 0 saturated carbocycles. The maximum atomic E-state index is 12.2. The second kappa shape index (κ2) is 18.7. The molecule has 51 heavy (non-hydrogen) atoms. The highest BCUT2D eigenvalue weighted by Crippen LogP contribution is 2.28. The van der Waals surface area contributed by atoms with Gasteiger partial charge in [0.2, 0.25) is 17.8 Å². The van der Waals surface area contributed by atoms with Gasteiger partial charge in [0.05, 0.1) is 0 Å². The van der Waals surface area contributed by atoms with Crippen LogP contribution >= 0.6 is 11.6 Å². The highest BCUT2D eigenvalue weighted by molar-refractivity contribution is 6.19. The average Bonchev–Trinajstić information content (AvgIpc) is 3.94. The Morgan fingerprint density at radius 1 is 0.686 bits per heavy atom. The molecule has 6 rings (SSSR count). The van der Waals surface area contributed by atoms with Gasteiger partial charge < -0.3 is 38.0 Å². The van der Waals surface area contributed by atoms with E-state index in [9.17, 15) is 19.2 Å². The van der Waals surface area contributed by atoms with Crippen LogP contribution in [-0.2, 0) is 14.2 Å². The number of aromatic carboxylic acids is 1. The quantitative estimate of drug-likeness (QED) is 0.112. The summed E-state index contributed by atoms with van der Waals surface area (Å²) in [6.07, 6.45) is 0.0934. The fourth-order valence-corrected chi connectivity index (χ4v) is 5.68. The number of ether oxygens (including phenoxy) is 3. The summed E-state index contributed by atoms with van der Waals surface area (Å²) >= 11 is 5.63. The van der Waals surface area contributed by atoms with Crippen molar-refractivity contribution in [3.8, 4) is 0 Å². The number of nitrogens with zero attached hydrogens (tertiary/aromatic N) is 2. The van der Waals surface area contributed by atoms with Gasteiger partial charge in [-0.25, -0.2) is 19.2 Å². The molecule has 2 aliphatic heterocycles. The number of hydrogen-bond acceptors (Lipinski definition) is 9. The zero-order valence-electron chi connectivity index (χ0n) is 29.0. The number of carbonyl (C=O) groups excluding carboxylic acids is 3. The van der Waals surface area contributed by atoms with Gasteiger partial charge in [-0.1, -0.05) is 72.3 Å². The van der Waals surface area contributed by atoms with E-state index in [4.69, 9.17) is 39.8 Å². The fraction of sp³-hybridized carbons (Fsp3) is 0.368. The van der Waals surface area contributed by atoms with Crippen molar-refractivity contribution in [1.82, 2.24) is 9.80 Å². The van der Waals surface area contributed by atoms with Gasteiger partial charge in [-0.05, 0) is 69.0 Å². The van der Waals surface area contributed by atoms with Crippen molar-refractivity contribution in [3.05, 3.63) is 119 Å². The Bertz CT molecular complexity index is 1720. The Hall–Kier alpha value is -5.23. The Balaban J connectivity index is 0.000000192. The van der Waals surface area contributed by atoms with Gasteiger partial charge in [-0.3, -0.25) is 0 Å². The normalized spacial score (nSPS) is 17.6. The predicted octanol–water partition coefficient (Wildman–Crippen LogP) is 8.20. The van der Waals surface area contributed by atoms with E-state index in [0.717, 1.165) is 19.4 Å². The number of rotatable bonds is 7. The zero-order chi connectivity index (χ0) is 36.9. The maximum absolute atomic E-state index is 12.2. The van der Waals surface area contributed by atoms with E-state index in [0.29, 0.717) is 43.0 Å². The van der Waals surface area contributed by atoms with Crippen LogP contribution in [0.15, 0.2) is 93.8 Å². The molecule has 2 amide bonds. The summed E-state index contributed by atoms with van der Waals surface area (Å²) in [6, 6.07) is 26.6. The summed E-state index contributed by atoms with van der Waals surface area (Å²) < 4.78 is 25.2.